The molecule has 0 saturated heterocycles. The third-order valence-corrected chi connectivity index (χ3v) is 13.0. The SMILES string of the molecule is c1ccc(-c2cc(-c3ccccc3)cc(N(c3ccc(-c4ccccc4-c4cc5ccccc5c5ccccc45)cc3)c3ccc(-c4cc5ccccc5c5ccccc45)cc3)c2)cc1. The molecule has 12 aromatic rings. The predicted molar refractivity (Wildman–Crippen MR) is 278 cm³/mol. The number of nitrogens with zero attached hydrogens (tertiary/aromatic N) is 1. The Balaban J connectivity index is 1.01. The number of hydrogen-bond acceptors (Lipinski definition) is 1. The summed E-state index contributed by atoms with van der Waals surface area (Å²) in [7, 11) is 0. The number of anilines is 3. The van der Waals surface area contributed by atoms with E-state index < -0.39 is 0 Å². The molecule has 0 saturated carbocycles. The summed E-state index contributed by atoms with van der Waals surface area (Å²) in [5, 5.41) is 10.1. The molecule has 0 unspecified atom stereocenters. The average Bonchev–Trinajstić information content (AvgIpc) is 3.39. The van der Waals surface area contributed by atoms with Gasteiger partial charge in [0, 0.05) is 17.1 Å². The minimum Gasteiger partial charge on any atom is -0.310 e. The van der Waals surface area contributed by atoms with E-state index >= 15 is 0 Å². The van der Waals surface area contributed by atoms with Crippen LogP contribution in [0.2, 0.25) is 0 Å². The molecule has 0 heterocycles. The van der Waals surface area contributed by atoms with E-state index in [1.165, 1.54) is 98.7 Å². The highest BCUT2D eigenvalue weighted by molar-refractivity contribution is 6.15. The summed E-state index contributed by atoms with van der Waals surface area (Å²) in [6, 6.07) is 95.3. The van der Waals surface area contributed by atoms with Gasteiger partial charge in [-0.3, -0.25) is 0 Å². The highest BCUT2D eigenvalue weighted by atomic mass is 15.1. The normalized spacial score (nSPS) is 11.4. The van der Waals surface area contributed by atoms with Crippen molar-refractivity contribution in [3.05, 3.63) is 261 Å². The van der Waals surface area contributed by atoms with Crippen LogP contribution in [-0.2, 0) is 0 Å². The van der Waals surface area contributed by atoms with Crippen molar-refractivity contribution < 1.29 is 0 Å². The maximum atomic E-state index is 2.41. The van der Waals surface area contributed by atoms with Crippen molar-refractivity contribution in [3.63, 3.8) is 0 Å². The first-order chi connectivity index (χ1) is 32.2. The number of benzene rings is 12. The van der Waals surface area contributed by atoms with Gasteiger partial charge in [0.25, 0.3) is 0 Å². The Morgan fingerprint density at radius 3 is 1.09 bits per heavy atom. The van der Waals surface area contributed by atoms with E-state index in [1.54, 1.807) is 0 Å². The van der Waals surface area contributed by atoms with Gasteiger partial charge in [0.15, 0.2) is 0 Å². The zero-order valence-corrected chi connectivity index (χ0v) is 35.8. The lowest BCUT2D eigenvalue weighted by atomic mass is 9.89. The highest BCUT2D eigenvalue weighted by Gasteiger charge is 2.19. The Hall–Kier alpha value is -8.52. The molecule has 304 valence electrons. The van der Waals surface area contributed by atoms with Crippen LogP contribution in [0.4, 0.5) is 17.1 Å². The number of rotatable bonds is 8. The summed E-state index contributed by atoms with van der Waals surface area (Å²) in [6.45, 7) is 0. The van der Waals surface area contributed by atoms with Crippen LogP contribution in [0.15, 0.2) is 261 Å². The maximum absolute atomic E-state index is 2.41. The van der Waals surface area contributed by atoms with Gasteiger partial charge in [0.2, 0.25) is 0 Å². The van der Waals surface area contributed by atoms with E-state index in [9.17, 15) is 0 Å². The number of fused-ring (bicyclic) bond motifs is 6. The lowest BCUT2D eigenvalue weighted by Gasteiger charge is -2.27. The van der Waals surface area contributed by atoms with Crippen LogP contribution in [0, 0.1) is 0 Å². The minimum atomic E-state index is 1.08. The van der Waals surface area contributed by atoms with Gasteiger partial charge in [-0.2, -0.15) is 0 Å². The van der Waals surface area contributed by atoms with Crippen molar-refractivity contribution in [3.8, 4) is 55.6 Å². The number of hydrogen-bond donors (Lipinski definition) is 0. The minimum absolute atomic E-state index is 1.08. The van der Waals surface area contributed by atoms with Crippen LogP contribution in [0.1, 0.15) is 0 Å². The Bertz CT molecular complexity index is 3630. The Labute approximate surface area is 379 Å². The summed E-state index contributed by atoms with van der Waals surface area (Å²) in [5.74, 6) is 0. The van der Waals surface area contributed by atoms with Gasteiger partial charge in [0.05, 0.1) is 0 Å². The van der Waals surface area contributed by atoms with E-state index in [-0.39, 0.29) is 0 Å². The topological polar surface area (TPSA) is 3.24 Å². The molecule has 0 bridgehead atoms. The summed E-state index contributed by atoms with van der Waals surface area (Å²) < 4.78 is 0. The second-order valence-electron chi connectivity index (χ2n) is 16.9. The van der Waals surface area contributed by atoms with Gasteiger partial charge >= 0.3 is 0 Å². The van der Waals surface area contributed by atoms with Crippen LogP contribution in [-0.4, -0.2) is 0 Å². The molecule has 1 nitrogen and oxygen atoms in total. The van der Waals surface area contributed by atoms with Crippen LogP contribution >= 0.6 is 0 Å². The molecule has 0 radical (unpaired) electrons. The average molecular weight is 826 g/mol. The molecule has 0 atom stereocenters. The molecule has 0 aliphatic carbocycles. The van der Waals surface area contributed by atoms with Gasteiger partial charge in [0.1, 0.15) is 0 Å². The predicted octanol–water partition coefficient (Wildman–Crippen LogP) is 18.1. The van der Waals surface area contributed by atoms with Crippen molar-refractivity contribution in [2.24, 2.45) is 0 Å². The summed E-state index contributed by atoms with van der Waals surface area (Å²) in [4.78, 5) is 2.41. The first-order valence-electron chi connectivity index (χ1n) is 22.4. The first kappa shape index (κ1) is 38.2. The molecule has 0 N–H and O–H groups in total. The molecule has 0 fully saturated rings. The molecule has 1 heteroatoms. The molecule has 12 aromatic carbocycles. The summed E-state index contributed by atoms with van der Waals surface area (Å²) in [6.07, 6.45) is 0. The molecule has 0 aromatic heterocycles. The maximum Gasteiger partial charge on any atom is 0.0473 e. The van der Waals surface area contributed by atoms with Crippen LogP contribution in [0.25, 0.3) is 98.7 Å². The second-order valence-corrected chi connectivity index (χ2v) is 16.9. The van der Waals surface area contributed by atoms with Crippen molar-refractivity contribution >= 4 is 60.2 Å². The third kappa shape index (κ3) is 7.01. The second kappa shape index (κ2) is 16.3. The van der Waals surface area contributed by atoms with E-state index in [0.29, 0.717) is 0 Å². The fourth-order valence-electron chi connectivity index (χ4n) is 9.90. The lowest BCUT2D eigenvalue weighted by molar-refractivity contribution is 1.28. The van der Waals surface area contributed by atoms with Gasteiger partial charge in [-0.15, -0.1) is 0 Å². The summed E-state index contributed by atoms with van der Waals surface area (Å²) >= 11 is 0. The Kier molecular flexibility index (Phi) is 9.58. The van der Waals surface area contributed by atoms with Gasteiger partial charge in [-0.1, -0.05) is 206 Å². The van der Waals surface area contributed by atoms with Crippen molar-refractivity contribution in [1.29, 1.82) is 0 Å². The smallest absolute Gasteiger partial charge is 0.0473 e. The van der Waals surface area contributed by atoms with Crippen molar-refractivity contribution in [2.45, 2.75) is 0 Å². The first-order valence-corrected chi connectivity index (χ1v) is 22.4. The van der Waals surface area contributed by atoms with Crippen molar-refractivity contribution in [2.75, 3.05) is 4.90 Å². The molecular weight excluding hydrogens is 783 g/mol. The van der Waals surface area contributed by atoms with Gasteiger partial charge in [-0.05, 0) is 153 Å². The molecular formula is C64H43N. The fraction of sp³-hybridized carbons (Fsp3) is 0. The van der Waals surface area contributed by atoms with E-state index in [2.05, 4.69) is 266 Å². The molecule has 0 aliphatic rings. The third-order valence-electron chi connectivity index (χ3n) is 13.0. The molecule has 0 spiro atoms. The molecule has 0 amide bonds. The van der Waals surface area contributed by atoms with Gasteiger partial charge < -0.3 is 4.90 Å². The molecule has 65 heavy (non-hydrogen) atoms. The lowest BCUT2D eigenvalue weighted by Crippen LogP contribution is -2.10. The van der Waals surface area contributed by atoms with E-state index in [4.69, 9.17) is 0 Å². The molecule has 12 rings (SSSR count). The van der Waals surface area contributed by atoms with Crippen molar-refractivity contribution in [1.82, 2.24) is 0 Å². The zero-order valence-electron chi connectivity index (χ0n) is 35.8. The van der Waals surface area contributed by atoms with Crippen LogP contribution < -0.4 is 4.90 Å². The van der Waals surface area contributed by atoms with Gasteiger partial charge in [-0.25, -0.2) is 0 Å². The van der Waals surface area contributed by atoms with Crippen LogP contribution in [0.5, 0.6) is 0 Å². The Morgan fingerprint density at radius 1 is 0.185 bits per heavy atom. The zero-order chi connectivity index (χ0) is 43.1. The fourth-order valence-corrected chi connectivity index (χ4v) is 9.90. The monoisotopic (exact) mass is 825 g/mol. The largest absolute Gasteiger partial charge is 0.310 e. The van der Waals surface area contributed by atoms with E-state index in [1.807, 2.05) is 0 Å². The molecule has 0 aliphatic heterocycles. The Morgan fingerprint density at radius 2 is 0.569 bits per heavy atom. The standard InChI is InChI=1S/C64H43N/c1-3-17-44(18-4-1)50-39-51(45-19-5-2-6-20-45)41-54(40-50)65(53-37-33-47(34-38-53)63-42-48-21-7-9-24-56(48)58-26-13-15-29-61(58)63)52-35-31-46(32-36-52)55-23-11-12-28-60(55)64-43-49-22-8-10-25-57(49)59-27-14-16-30-62(59)64/h1-43H. The van der Waals surface area contributed by atoms with Crippen LogP contribution in [0.3, 0.4) is 0 Å². The van der Waals surface area contributed by atoms with E-state index in [0.717, 1.165) is 17.1 Å². The quantitative estimate of drug-likeness (QED) is 0.138. The summed E-state index contributed by atoms with van der Waals surface area (Å²) in [5.41, 5.74) is 15.2. The highest BCUT2D eigenvalue weighted by Crippen LogP contribution is 2.44.